The first-order chi connectivity index (χ1) is 16.6. The largest absolute Gasteiger partial charge is 0.393 e. The Kier molecular flexibility index (Phi) is 9.62. The van der Waals surface area contributed by atoms with Gasteiger partial charge in [-0.15, -0.1) is 0 Å². The molecule has 0 aliphatic heterocycles. The number of hydrogen-bond acceptors (Lipinski definition) is 4. The third-order valence-corrected chi connectivity index (χ3v) is 9.95. The van der Waals surface area contributed by atoms with E-state index in [4.69, 9.17) is 0 Å². The van der Waals surface area contributed by atoms with Gasteiger partial charge < -0.3 is 20.4 Å². The van der Waals surface area contributed by atoms with Crippen molar-refractivity contribution in [2.45, 2.75) is 155 Å². The fourth-order valence-corrected chi connectivity index (χ4v) is 8.24. The fraction of sp³-hybridized carbons (Fsp3) is 0.875. The number of allylic oxidation sites excluding steroid dienone is 3. The van der Waals surface area contributed by atoms with Crippen LogP contribution in [0, 0.1) is 22.7 Å². The molecule has 0 heterocycles. The lowest BCUT2D eigenvalue weighted by Crippen LogP contribution is -2.41. The summed E-state index contributed by atoms with van der Waals surface area (Å²) in [5, 5.41) is 40.9. The highest BCUT2D eigenvalue weighted by Gasteiger charge is 2.54. The maximum atomic E-state index is 10.4. The lowest BCUT2D eigenvalue weighted by atomic mass is 9.55. The summed E-state index contributed by atoms with van der Waals surface area (Å²) in [6.45, 7) is 12.7. The molecular formula is C32H56O4. The maximum Gasteiger partial charge on any atom is 0.0602 e. The van der Waals surface area contributed by atoms with Crippen molar-refractivity contribution in [3.63, 3.8) is 0 Å². The van der Waals surface area contributed by atoms with Gasteiger partial charge in [0.25, 0.3) is 0 Å². The van der Waals surface area contributed by atoms with Gasteiger partial charge in [-0.3, -0.25) is 0 Å². The first-order valence-electron chi connectivity index (χ1n) is 14.8. The molecule has 4 nitrogen and oxygen atoms in total. The molecule has 3 aliphatic carbocycles. The number of aliphatic hydroxyl groups excluding tert-OH is 2. The summed E-state index contributed by atoms with van der Waals surface area (Å²) < 4.78 is 0. The molecule has 3 saturated carbocycles. The number of fused-ring (bicyclic) bond motifs is 1. The summed E-state index contributed by atoms with van der Waals surface area (Å²) in [5.41, 5.74) is 2.00. The van der Waals surface area contributed by atoms with Crippen LogP contribution in [0.3, 0.4) is 0 Å². The zero-order valence-corrected chi connectivity index (χ0v) is 24.2. The molecule has 1 unspecified atom stereocenters. The summed E-state index contributed by atoms with van der Waals surface area (Å²) in [5.74, 6) is 1.25. The van der Waals surface area contributed by atoms with Gasteiger partial charge in [-0.25, -0.2) is 0 Å². The summed E-state index contributed by atoms with van der Waals surface area (Å²) >= 11 is 0. The average Bonchev–Trinajstić information content (AvgIpc) is 3.08. The van der Waals surface area contributed by atoms with Crippen LogP contribution in [0.2, 0.25) is 0 Å². The highest BCUT2D eigenvalue weighted by Crippen LogP contribution is 2.64. The highest BCUT2D eigenvalue weighted by atomic mass is 16.3. The summed E-state index contributed by atoms with van der Waals surface area (Å²) in [6, 6.07) is 0. The molecule has 0 amide bonds. The Morgan fingerprint density at radius 2 is 1.39 bits per heavy atom. The second-order valence-corrected chi connectivity index (χ2v) is 14.5. The van der Waals surface area contributed by atoms with Crippen molar-refractivity contribution in [1.29, 1.82) is 0 Å². The minimum Gasteiger partial charge on any atom is -0.393 e. The molecular weight excluding hydrogens is 448 g/mol. The molecule has 0 saturated heterocycles. The van der Waals surface area contributed by atoms with E-state index in [0.717, 1.165) is 44.9 Å². The quantitative estimate of drug-likeness (QED) is 0.262. The van der Waals surface area contributed by atoms with Gasteiger partial charge in [-0.05, 0) is 127 Å². The van der Waals surface area contributed by atoms with E-state index in [1.165, 1.54) is 31.3 Å². The first-order valence-corrected chi connectivity index (χ1v) is 14.8. The Morgan fingerprint density at radius 3 is 1.92 bits per heavy atom. The summed E-state index contributed by atoms with van der Waals surface area (Å²) in [4.78, 5) is 0. The molecule has 0 aromatic rings. The molecule has 0 spiro atoms. The third kappa shape index (κ3) is 7.91. The SMILES string of the molecule is CC(C)(O)CCCC(C)(CCCC(C)(C)O)[C@H]1CC[C@H]2/C(=C/C=C3CC(O)C[C@H](O)C3)CCC[C@]12C. The van der Waals surface area contributed by atoms with E-state index >= 15 is 0 Å². The van der Waals surface area contributed by atoms with Crippen LogP contribution in [0.15, 0.2) is 23.3 Å². The molecule has 0 bridgehead atoms. The van der Waals surface area contributed by atoms with E-state index < -0.39 is 23.4 Å². The second kappa shape index (κ2) is 11.6. The van der Waals surface area contributed by atoms with Gasteiger partial charge in [-0.1, -0.05) is 50.0 Å². The second-order valence-electron chi connectivity index (χ2n) is 14.5. The number of rotatable bonds is 10. The summed E-state index contributed by atoms with van der Waals surface area (Å²) in [6.07, 6.45) is 17.8. The van der Waals surface area contributed by atoms with Crippen LogP contribution in [0.25, 0.3) is 0 Å². The van der Waals surface area contributed by atoms with Gasteiger partial charge in [0.2, 0.25) is 0 Å². The lowest BCUT2D eigenvalue weighted by Gasteiger charge is -2.50. The van der Waals surface area contributed by atoms with Crippen LogP contribution in [0.4, 0.5) is 0 Å². The van der Waals surface area contributed by atoms with Gasteiger partial charge in [0.1, 0.15) is 0 Å². The van der Waals surface area contributed by atoms with Gasteiger partial charge in [-0.2, -0.15) is 0 Å². The topological polar surface area (TPSA) is 80.9 Å². The number of aliphatic hydroxyl groups is 4. The standard InChI is InChI=1S/C32H56O4/c1-29(2,35)15-8-17-31(5,18-9-16-30(3,4)36)28-14-13-27-24(10-7-19-32(27,28)6)12-11-23-20-25(33)22-26(34)21-23/h11-12,25-28,33-36H,7-10,13-22H2,1-6H3/b23-11?,24-12+/t25-,26?,27+,28-,32+/m1/s1. The Balaban J connectivity index is 1.79. The van der Waals surface area contributed by atoms with Crippen LogP contribution in [-0.2, 0) is 0 Å². The van der Waals surface area contributed by atoms with E-state index in [0.29, 0.717) is 31.1 Å². The van der Waals surface area contributed by atoms with E-state index in [2.05, 4.69) is 26.0 Å². The third-order valence-electron chi connectivity index (χ3n) is 9.95. The van der Waals surface area contributed by atoms with Crippen molar-refractivity contribution in [2.24, 2.45) is 22.7 Å². The minimum absolute atomic E-state index is 0.207. The lowest BCUT2D eigenvalue weighted by molar-refractivity contribution is 0.00527. The molecule has 0 aromatic heterocycles. The van der Waals surface area contributed by atoms with Gasteiger partial charge in [0.05, 0.1) is 23.4 Å². The van der Waals surface area contributed by atoms with Crippen LogP contribution >= 0.6 is 0 Å². The Labute approximate surface area is 221 Å². The van der Waals surface area contributed by atoms with Crippen LogP contribution in [0.1, 0.15) is 131 Å². The zero-order chi connectivity index (χ0) is 26.8. The molecule has 208 valence electrons. The van der Waals surface area contributed by atoms with E-state index in [1.807, 2.05) is 27.7 Å². The number of hydrogen-bond donors (Lipinski definition) is 4. The smallest absolute Gasteiger partial charge is 0.0602 e. The molecule has 4 N–H and O–H groups in total. The molecule has 4 heteroatoms. The summed E-state index contributed by atoms with van der Waals surface area (Å²) in [7, 11) is 0. The Hall–Kier alpha value is -0.680. The maximum absolute atomic E-state index is 10.4. The van der Waals surface area contributed by atoms with Crippen molar-refractivity contribution >= 4 is 0 Å². The first kappa shape index (κ1) is 29.9. The van der Waals surface area contributed by atoms with Crippen molar-refractivity contribution < 1.29 is 20.4 Å². The Bertz CT molecular complexity index is 751. The van der Waals surface area contributed by atoms with Crippen LogP contribution in [-0.4, -0.2) is 43.8 Å². The van der Waals surface area contributed by atoms with Crippen molar-refractivity contribution in [3.8, 4) is 0 Å². The average molecular weight is 505 g/mol. The molecule has 0 radical (unpaired) electrons. The molecule has 0 aromatic carbocycles. The van der Waals surface area contributed by atoms with E-state index in [9.17, 15) is 20.4 Å². The van der Waals surface area contributed by atoms with Crippen molar-refractivity contribution in [2.75, 3.05) is 0 Å². The highest BCUT2D eigenvalue weighted by molar-refractivity contribution is 5.26. The molecule has 3 rings (SSSR count). The Morgan fingerprint density at radius 1 is 0.833 bits per heavy atom. The fourth-order valence-electron chi connectivity index (χ4n) is 8.24. The van der Waals surface area contributed by atoms with E-state index in [-0.39, 0.29) is 10.8 Å². The molecule has 3 fully saturated rings. The van der Waals surface area contributed by atoms with Crippen LogP contribution < -0.4 is 0 Å². The van der Waals surface area contributed by atoms with Crippen LogP contribution in [0.5, 0.6) is 0 Å². The van der Waals surface area contributed by atoms with Gasteiger partial charge >= 0.3 is 0 Å². The minimum atomic E-state index is -0.620. The van der Waals surface area contributed by atoms with Crippen molar-refractivity contribution in [1.82, 2.24) is 0 Å². The monoisotopic (exact) mass is 504 g/mol. The van der Waals surface area contributed by atoms with Gasteiger partial charge in [0, 0.05) is 0 Å². The molecule has 3 aliphatic rings. The molecule has 36 heavy (non-hydrogen) atoms. The normalized spacial score (nSPS) is 34.4. The zero-order valence-electron chi connectivity index (χ0n) is 24.2. The van der Waals surface area contributed by atoms with Gasteiger partial charge in [0.15, 0.2) is 0 Å². The van der Waals surface area contributed by atoms with E-state index in [1.54, 1.807) is 5.57 Å². The van der Waals surface area contributed by atoms with Crippen molar-refractivity contribution in [3.05, 3.63) is 23.3 Å². The predicted molar refractivity (Wildman–Crippen MR) is 149 cm³/mol. The predicted octanol–water partition coefficient (Wildman–Crippen LogP) is 6.85. The molecule has 5 atom stereocenters.